The van der Waals surface area contributed by atoms with Gasteiger partial charge in [-0.05, 0) is 72.7 Å². The number of phenolic OH excluding ortho intramolecular Hbond substituents is 1. The summed E-state index contributed by atoms with van der Waals surface area (Å²) in [6.45, 7) is 1.07. The van der Waals surface area contributed by atoms with Crippen molar-refractivity contribution in [2.45, 2.75) is 102 Å². The van der Waals surface area contributed by atoms with Gasteiger partial charge in [0, 0.05) is 55.3 Å². The number of unbranched alkanes of at least 4 members (excludes halogenated alkanes) is 7. The van der Waals surface area contributed by atoms with Crippen LogP contribution in [-0.2, 0) is 24.0 Å². The molecule has 0 spiro atoms. The van der Waals surface area contributed by atoms with Gasteiger partial charge in [-0.3, -0.25) is 19.2 Å². The summed E-state index contributed by atoms with van der Waals surface area (Å²) >= 11 is 1.28. The van der Waals surface area contributed by atoms with Crippen LogP contribution in [0.4, 0.5) is 0 Å². The van der Waals surface area contributed by atoms with Crippen LogP contribution >= 0.6 is 11.8 Å². The van der Waals surface area contributed by atoms with Gasteiger partial charge in [-0.25, -0.2) is 9.59 Å². The molecular formula is C40H49N3O11S. The van der Waals surface area contributed by atoms with Crippen LogP contribution in [0.3, 0.4) is 0 Å². The van der Waals surface area contributed by atoms with Gasteiger partial charge in [0.1, 0.15) is 17.6 Å². The first-order chi connectivity index (χ1) is 26.5. The molecule has 5 rings (SSSR count). The van der Waals surface area contributed by atoms with Crippen molar-refractivity contribution in [2.24, 2.45) is 0 Å². The molecule has 5 N–H and O–H groups in total. The van der Waals surface area contributed by atoms with Gasteiger partial charge in [-0.15, -0.1) is 5.06 Å². The highest BCUT2D eigenvalue weighted by Crippen LogP contribution is 2.46. The second kappa shape index (κ2) is 20.1. The normalized spacial score (nSPS) is 17.7. The second-order valence-electron chi connectivity index (χ2n) is 14.0. The van der Waals surface area contributed by atoms with Crippen LogP contribution in [0, 0.1) is 0 Å². The number of hydroxylamine groups is 2. The summed E-state index contributed by atoms with van der Waals surface area (Å²) in [6.07, 6.45) is 8.27. The number of carbonyl (C=O) groups excluding carboxylic acids is 5. The minimum Gasteiger partial charge on any atom is -0.508 e. The van der Waals surface area contributed by atoms with Gasteiger partial charge in [0.25, 0.3) is 17.7 Å². The Morgan fingerprint density at radius 1 is 0.855 bits per heavy atom. The van der Waals surface area contributed by atoms with E-state index < -0.39 is 36.0 Å². The van der Waals surface area contributed by atoms with Crippen molar-refractivity contribution in [1.29, 1.82) is 0 Å². The Hall–Kier alpha value is -4.89. The molecule has 2 fully saturated rings. The molecule has 0 aromatic heterocycles. The molecule has 55 heavy (non-hydrogen) atoms. The van der Waals surface area contributed by atoms with Crippen LogP contribution in [0.25, 0.3) is 5.57 Å². The molecule has 0 radical (unpaired) electrons. The molecule has 2 aliphatic heterocycles. The number of imide groups is 1. The zero-order valence-corrected chi connectivity index (χ0v) is 31.6. The number of carbonyl (C=O) groups is 6. The van der Waals surface area contributed by atoms with Crippen molar-refractivity contribution < 1.29 is 53.7 Å². The number of thioether (sulfide) groups is 1. The summed E-state index contributed by atoms with van der Waals surface area (Å²) in [7, 11) is 0. The number of nitrogens with one attached hydrogen (secondary N) is 2. The summed E-state index contributed by atoms with van der Waals surface area (Å²) in [5.41, 5.74) is 2.97. The quantitative estimate of drug-likeness (QED) is 0.0899. The Morgan fingerprint density at radius 2 is 1.53 bits per heavy atom. The summed E-state index contributed by atoms with van der Waals surface area (Å²) in [4.78, 5) is 77.2. The number of carboxylic acids is 1. The van der Waals surface area contributed by atoms with Crippen LogP contribution in [0.1, 0.15) is 122 Å². The minimum absolute atomic E-state index is 0.00698. The van der Waals surface area contributed by atoms with Gasteiger partial charge in [-0.2, -0.15) is 11.8 Å². The monoisotopic (exact) mass is 779 g/mol. The summed E-state index contributed by atoms with van der Waals surface area (Å²) in [5, 5.41) is 36.9. The smallest absolute Gasteiger partial charge is 0.336 e. The van der Waals surface area contributed by atoms with E-state index in [0.717, 1.165) is 56.9 Å². The Kier molecular flexibility index (Phi) is 15.1. The molecule has 15 heteroatoms. The lowest BCUT2D eigenvalue weighted by molar-refractivity contribution is -0.197. The number of nitrogens with zero attached hydrogens (tertiary/aromatic N) is 1. The fourth-order valence-electron chi connectivity index (χ4n) is 6.95. The number of rotatable bonds is 20. The van der Waals surface area contributed by atoms with Gasteiger partial charge < -0.3 is 35.5 Å². The Morgan fingerprint density at radius 3 is 2.22 bits per heavy atom. The van der Waals surface area contributed by atoms with Crippen LogP contribution in [0.15, 0.2) is 42.0 Å². The number of ether oxygens (including phenoxy) is 1. The van der Waals surface area contributed by atoms with E-state index in [9.17, 15) is 44.1 Å². The largest absolute Gasteiger partial charge is 0.508 e. The Balaban J connectivity index is 0.955. The molecule has 14 nitrogen and oxygen atoms in total. The summed E-state index contributed by atoms with van der Waals surface area (Å²) < 4.78 is 6.14. The number of aromatic carboxylic acids is 1. The lowest BCUT2D eigenvalue weighted by Gasteiger charge is -2.36. The van der Waals surface area contributed by atoms with Crippen LogP contribution in [0.2, 0.25) is 0 Å². The SMILES string of the molecule is O=C(CSCCC(=O)ON1C(=O)CCC1=O)NCCCCCCCCCCNC(=O)c1ccc(C(=O)O)c(C2=C3CCC(O)CC3Oc3cc(O)ccc32)c1. The van der Waals surface area contributed by atoms with Gasteiger partial charge in [0.15, 0.2) is 0 Å². The third-order valence-electron chi connectivity index (χ3n) is 9.82. The predicted octanol–water partition coefficient (Wildman–Crippen LogP) is 4.90. The third kappa shape index (κ3) is 11.6. The van der Waals surface area contributed by atoms with Gasteiger partial charge in [-0.1, -0.05) is 38.5 Å². The molecule has 4 amide bonds. The standard InChI is InChI=1S/C40H49N3O11S/c44-26-10-13-29-32(22-26)53-33-23-27(45)11-14-30(33)38(29)31-21-25(9-12-28(31)40(51)52)39(50)42-19-8-6-4-2-1-3-5-7-18-41-34(46)24-55-20-17-37(49)54-43-35(47)15-16-36(43)48/h9-10,12-13,21-22,27,33,44-45H,1-8,11,14-20,23-24H2,(H,41,46)(H,42,50)(H,51,52). The van der Waals surface area contributed by atoms with E-state index >= 15 is 0 Å². The van der Waals surface area contributed by atoms with E-state index in [0.29, 0.717) is 71.2 Å². The minimum atomic E-state index is -1.12. The number of hydrogen-bond donors (Lipinski definition) is 5. The number of amides is 4. The van der Waals surface area contributed by atoms with Gasteiger partial charge in [0.05, 0.1) is 23.8 Å². The maximum absolute atomic E-state index is 13.2. The van der Waals surface area contributed by atoms with E-state index in [2.05, 4.69) is 10.6 Å². The fraction of sp³-hybridized carbons (Fsp3) is 0.500. The molecule has 2 aromatic rings. The number of phenols is 1. The highest BCUT2D eigenvalue weighted by molar-refractivity contribution is 7.99. The summed E-state index contributed by atoms with van der Waals surface area (Å²) in [6, 6.07) is 9.28. The van der Waals surface area contributed by atoms with Crippen LogP contribution in [-0.4, -0.2) is 92.8 Å². The van der Waals surface area contributed by atoms with E-state index in [1.807, 2.05) is 0 Å². The molecule has 2 heterocycles. The van der Waals surface area contributed by atoms with Crippen LogP contribution in [0.5, 0.6) is 11.5 Å². The lowest BCUT2D eigenvalue weighted by atomic mass is 9.79. The van der Waals surface area contributed by atoms with Gasteiger partial charge >= 0.3 is 11.9 Å². The van der Waals surface area contributed by atoms with E-state index in [1.165, 1.54) is 36.0 Å². The molecule has 2 aromatic carbocycles. The average molecular weight is 780 g/mol. The number of carboxylic acid groups (broad SMARTS) is 1. The highest BCUT2D eigenvalue weighted by Gasteiger charge is 2.36. The molecule has 1 aliphatic carbocycles. The van der Waals surface area contributed by atoms with Crippen molar-refractivity contribution in [3.05, 3.63) is 64.2 Å². The molecule has 3 aliphatic rings. The Bertz CT molecular complexity index is 1780. The molecule has 1 saturated carbocycles. The van der Waals surface area contributed by atoms with Crippen molar-refractivity contribution >= 4 is 52.9 Å². The van der Waals surface area contributed by atoms with Gasteiger partial charge in [0.2, 0.25) is 5.91 Å². The third-order valence-corrected chi connectivity index (χ3v) is 10.8. The number of hydrogen-bond acceptors (Lipinski definition) is 11. The van der Waals surface area contributed by atoms with E-state index in [1.54, 1.807) is 12.1 Å². The first-order valence-electron chi connectivity index (χ1n) is 19.0. The zero-order valence-electron chi connectivity index (χ0n) is 30.8. The Labute approximate surface area is 324 Å². The average Bonchev–Trinajstić information content (AvgIpc) is 3.47. The van der Waals surface area contributed by atoms with E-state index in [-0.39, 0.29) is 48.1 Å². The fourth-order valence-corrected chi connectivity index (χ4v) is 7.70. The number of aliphatic hydroxyl groups is 1. The first kappa shape index (κ1) is 41.3. The predicted molar refractivity (Wildman–Crippen MR) is 203 cm³/mol. The van der Waals surface area contributed by atoms with Crippen molar-refractivity contribution in [3.63, 3.8) is 0 Å². The lowest BCUT2D eigenvalue weighted by Crippen LogP contribution is -2.34. The zero-order chi connectivity index (χ0) is 39.3. The molecular weight excluding hydrogens is 731 g/mol. The first-order valence-corrected chi connectivity index (χ1v) is 20.2. The molecule has 2 atom stereocenters. The number of fused-ring (bicyclic) bond motifs is 2. The topological polar surface area (TPSA) is 209 Å². The highest BCUT2D eigenvalue weighted by atomic mass is 32.2. The summed E-state index contributed by atoms with van der Waals surface area (Å²) in [5.74, 6) is -2.30. The number of benzene rings is 2. The molecule has 1 saturated heterocycles. The second-order valence-corrected chi connectivity index (χ2v) is 15.1. The van der Waals surface area contributed by atoms with Crippen molar-refractivity contribution in [3.8, 4) is 11.5 Å². The maximum atomic E-state index is 13.2. The van der Waals surface area contributed by atoms with E-state index in [4.69, 9.17) is 9.57 Å². The number of aromatic hydroxyl groups is 1. The molecule has 296 valence electrons. The van der Waals surface area contributed by atoms with Crippen molar-refractivity contribution in [2.75, 3.05) is 24.6 Å². The number of aliphatic hydroxyl groups excluding tert-OH is 1. The van der Waals surface area contributed by atoms with Crippen molar-refractivity contribution in [1.82, 2.24) is 15.7 Å². The maximum Gasteiger partial charge on any atom is 0.336 e. The van der Waals surface area contributed by atoms with Crippen LogP contribution < -0.4 is 15.4 Å². The molecule has 0 bridgehead atoms. The molecule has 2 unspecified atom stereocenters.